The minimum Gasteiger partial charge on any atom is -0.352 e. The molecule has 2 aliphatic heterocycles. The van der Waals surface area contributed by atoms with E-state index in [0.717, 1.165) is 18.4 Å². The fraction of sp³-hybridized carbons (Fsp3) is 0.579. The van der Waals surface area contributed by atoms with E-state index in [-0.39, 0.29) is 22.8 Å². The molecule has 0 radical (unpaired) electrons. The van der Waals surface area contributed by atoms with Gasteiger partial charge < -0.3 is 10.6 Å². The standard InChI is InChI=1S/C19H26N4O4S/c1-13(19(25)20-15-3-4-15)22-8-10-23(11-9-22)28(26,27)16-5-6-17-14(12-16)2-7-18(24)21-17/h5-6,12-13,15H,2-4,7-11H2,1H3,(H,20,25)(H,21,24). The summed E-state index contributed by atoms with van der Waals surface area (Å²) in [6.45, 7) is 3.65. The lowest BCUT2D eigenvalue weighted by molar-refractivity contribution is -0.126. The molecule has 0 aromatic heterocycles. The van der Waals surface area contributed by atoms with Crippen molar-refractivity contribution < 1.29 is 18.0 Å². The molecule has 4 rings (SSSR count). The first-order valence-corrected chi connectivity index (χ1v) is 11.3. The van der Waals surface area contributed by atoms with E-state index in [2.05, 4.69) is 10.6 Å². The lowest BCUT2D eigenvalue weighted by atomic mass is 10.0. The van der Waals surface area contributed by atoms with Crippen LogP contribution in [0.2, 0.25) is 0 Å². The van der Waals surface area contributed by atoms with Gasteiger partial charge in [0.15, 0.2) is 0 Å². The number of sulfonamides is 1. The van der Waals surface area contributed by atoms with E-state index < -0.39 is 10.0 Å². The van der Waals surface area contributed by atoms with Crippen molar-refractivity contribution in [3.8, 4) is 0 Å². The van der Waals surface area contributed by atoms with Crippen LogP contribution in [-0.2, 0) is 26.0 Å². The number of hydrogen-bond acceptors (Lipinski definition) is 5. The Hall–Kier alpha value is -1.97. The van der Waals surface area contributed by atoms with Gasteiger partial charge in [-0.15, -0.1) is 0 Å². The lowest BCUT2D eigenvalue weighted by Gasteiger charge is -2.36. The summed E-state index contributed by atoms with van der Waals surface area (Å²) in [4.78, 5) is 26.0. The monoisotopic (exact) mass is 406 g/mol. The van der Waals surface area contributed by atoms with Gasteiger partial charge in [-0.05, 0) is 49.9 Å². The minimum absolute atomic E-state index is 0.0236. The predicted molar refractivity (Wildman–Crippen MR) is 104 cm³/mol. The number of carbonyl (C=O) groups excluding carboxylic acids is 2. The first-order chi connectivity index (χ1) is 13.3. The third kappa shape index (κ3) is 3.92. The van der Waals surface area contributed by atoms with Crippen molar-refractivity contribution in [3.63, 3.8) is 0 Å². The molecule has 2 heterocycles. The van der Waals surface area contributed by atoms with Crippen LogP contribution in [0.5, 0.6) is 0 Å². The number of piperazine rings is 1. The zero-order valence-corrected chi connectivity index (χ0v) is 16.8. The third-order valence-electron chi connectivity index (χ3n) is 5.73. The molecule has 1 saturated carbocycles. The Bertz CT molecular complexity index is 889. The Kier molecular flexibility index (Phi) is 5.15. The van der Waals surface area contributed by atoms with E-state index in [1.807, 2.05) is 11.8 Å². The molecule has 2 amide bonds. The van der Waals surface area contributed by atoms with E-state index in [9.17, 15) is 18.0 Å². The first-order valence-electron chi connectivity index (χ1n) is 9.82. The smallest absolute Gasteiger partial charge is 0.243 e. The summed E-state index contributed by atoms with van der Waals surface area (Å²) in [7, 11) is -3.59. The molecule has 152 valence electrons. The van der Waals surface area contributed by atoms with Gasteiger partial charge in [-0.2, -0.15) is 4.31 Å². The molecule has 1 aromatic rings. The fourth-order valence-electron chi connectivity index (χ4n) is 3.72. The van der Waals surface area contributed by atoms with Gasteiger partial charge in [-0.1, -0.05) is 0 Å². The highest BCUT2D eigenvalue weighted by Crippen LogP contribution is 2.27. The molecule has 1 unspecified atom stereocenters. The third-order valence-corrected chi connectivity index (χ3v) is 7.63. The zero-order chi connectivity index (χ0) is 19.9. The highest BCUT2D eigenvalue weighted by Gasteiger charge is 2.33. The van der Waals surface area contributed by atoms with Crippen molar-refractivity contribution in [1.82, 2.24) is 14.5 Å². The second-order valence-corrected chi connectivity index (χ2v) is 9.70. The lowest BCUT2D eigenvalue weighted by Crippen LogP contribution is -2.55. The summed E-state index contributed by atoms with van der Waals surface area (Å²) in [5.74, 6) is -0.0189. The normalized spacial score (nSPS) is 22.2. The number of aryl methyl sites for hydroxylation is 1. The molecular formula is C19H26N4O4S. The van der Waals surface area contributed by atoms with Crippen molar-refractivity contribution in [2.24, 2.45) is 0 Å². The van der Waals surface area contributed by atoms with Crippen molar-refractivity contribution >= 4 is 27.5 Å². The molecule has 0 bridgehead atoms. The van der Waals surface area contributed by atoms with Gasteiger partial charge in [0.2, 0.25) is 21.8 Å². The number of carbonyl (C=O) groups is 2. The molecule has 3 aliphatic rings. The van der Waals surface area contributed by atoms with Crippen molar-refractivity contribution in [1.29, 1.82) is 0 Å². The van der Waals surface area contributed by atoms with Crippen molar-refractivity contribution in [3.05, 3.63) is 23.8 Å². The molecule has 28 heavy (non-hydrogen) atoms. The van der Waals surface area contributed by atoms with E-state index in [0.29, 0.717) is 50.7 Å². The average Bonchev–Trinajstić information content (AvgIpc) is 3.51. The second-order valence-electron chi connectivity index (χ2n) is 7.77. The SMILES string of the molecule is CC(C(=O)NC1CC1)N1CCN(S(=O)(=O)c2ccc3c(c2)CCC(=O)N3)CC1. The summed E-state index contributed by atoms with van der Waals surface area (Å²) >= 11 is 0. The molecule has 9 heteroatoms. The number of anilines is 1. The first kappa shape index (κ1) is 19.4. The summed E-state index contributed by atoms with van der Waals surface area (Å²) in [5, 5.41) is 5.78. The highest BCUT2D eigenvalue weighted by atomic mass is 32.2. The largest absolute Gasteiger partial charge is 0.352 e. The summed E-state index contributed by atoms with van der Waals surface area (Å²) in [6, 6.07) is 4.96. The predicted octanol–water partition coefficient (Wildman–Crippen LogP) is 0.545. The second kappa shape index (κ2) is 7.46. The number of rotatable bonds is 5. The van der Waals surface area contributed by atoms with Crippen LogP contribution in [0.1, 0.15) is 31.7 Å². The van der Waals surface area contributed by atoms with Crippen LogP contribution in [0.25, 0.3) is 0 Å². The maximum Gasteiger partial charge on any atom is 0.243 e. The van der Waals surface area contributed by atoms with Crippen LogP contribution in [0, 0.1) is 0 Å². The summed E-state index contributed by atoms with van der Waals surface area (Å²) < 4.78 is 27.6. The quantitative estimate of drug-likeness (QED) is 0.744. The number of amides is 2. The van der Waals surface area contributed by atoms with Gasteiger partial charge in [-0.3, -0.25) is 14.5 Å². The Morgan fingerprint density at radius 2 is 1.89 bits per heavy atom. The Balaban J connectivity index is 1.40. The average molecular weight is 407 g/mol. The van der Waals surface area contributed by atoms with Gasteiger partial charge in [0.1, 0.15) is 0 Å². The highest BCUT2D eigenvalue weighted by molar-refractivity contribution is 7.89. The van der Waals surface area contributed by atoms with Crippen LogP contribution in [0.15, 0.2) is 23.1 Å². The van der Waals surface area contributed by atoms with Crippen LogP contribution < -0.4 is 10.6 Å². The number of hydrogen-bond donors (Lipinski definition) is 2. The van der Waals surface area contributed by atoms with Gasteiger partial charge in [0.25, 0.3) is 0 Å². The number of nitrogens with one attached hydrogen (secondary N) is 2. The topological polar surface area (TPSA) is 98.8 Å². The van der Waals surface area contributed by atoms with Crippen LogP contribution >= 0.6 is 0 Å². The number of fused-ring (bicyclic) bond motifs is 1. The van der Waals surface area contributed by atoms with E-state index in [1.54, 1.807) is 18.2 Å². The summed E-state index contributed by atoms with van der Waals surface area (Å²) in [6.07, 6.45) is 3.02. The molecule has 2 N–H and O–H groups in total. The van der Waals surface area contributed by atoms with Crippen LogP contribution in [0.3, 0.4) is 0 Å². The van der Waals surface area contributed by atoms with Gasteiger partial charge in [0, 0.05) is 44.3 Å². The van der Waals surface area contributed by atoms with Crippen LogP contribution in [-0.4, -0.2) is 67.7 Å². The zero-order valence-electron chi connectivity index (χ0n) is 16.0. The molecule has 1 saturated heterocycles. The molecule has 1 aromatic carbocycles. The number of benzene rings is 1. The summed E-state index contributed by atoms with van der Waals surface area (Å²) in [5.41, 5.74) is 1.54. The molecule has 2 fully saturated rings. The van der Waals surface area contributed by atoms with Gasteiger partial charge in [-0.25, -0.2) is 8.42 Å². The fourth-order valence-corrected chi connectivity index (χ4v) is 5.19. The Morgan fingerprint density at radius 3 is 2.57 bits per heavy atom. The van der Waals surface area contributed by atoms with Crippen LogP contribution in [0.4, 0.5) is 5.69 Å². The van der Waals surface area contributed by atoms with E-state index in [4.69, 9.17) is 0 Å². The van der Waals surface area contributed by atoms with Crippen molar-refractivity contribution in [2.75, 3.05) is 31.5 Å². The maximum atomic E-state index is 13.0. The maximum absolute atomic E-state index is 13.0. The number of nitrogens with zero attached hydrogens (tertiary/aromatic N) is 2. The van der Waals surface area contributed by atoms with Gasteiger partial charge >= 0.3 is 0 Å². The minimum atomic E-state index is -3.59. The molecule has 1 atom stereocenters. The van der Waals surface area contributed by atoms with E-state index in [1.165, 1.54) is 4.31 Å². The Morgan fingerprint density at radius 1 is 1.18 bits per heavy atom. The van der Waals surface area contributed by atoms with E-state index >= 15 is 0 Å². The molecular weight excluding hydrogens is 380 g/mol. The molecule has 8 nitrogen and oxygen atoms in total. The molecule has 0 spiro atoms. The van der Waals surface area contributed by atoms with Gasteiger partial charge in [0.05, 0.1) is 10.9 Å². The Labute approximate surface area is 165 Å². The van der Waals surface area contributed by atoms with Crippen molar-refractivity contribution in [2.45, 2.75) is 49.6 Å². The molecule has 1 aliphatic carbocycles.